The van der Waals surface area contributed by atoms with Gasteiger partial charge in [0.05, 0.1) is 5.69 Å². The van der Waals surface area contributed by atoms with E-state index in [4.69, 9.17) is 0 Å². The van der Waals surface area contributed by atoms with Crippen molar-refractivity contribution in [2.75, 3.05) is 13.1 Å². The monoisotopic (exact) mass is 233 g/mol. The maximum atomic E-state index is 11.7. The summed E-state index contributed by atoms with van der Waals surface area (Å²) in [6, 6.07) is 0. The van der Waals surface area contributed by atoms with Gasteiger partial charge in [0.15, 0.2) is 0 Å². The number of fused-ring (bicyclic) bond motifs is 1. The summed E-state index contributed by atoms with van der Waals surface area (Å²) in [7, 11) is 0. The van der Waals surface area contributed by atoms with Crippen molar-refractivity contribution in [1.29, 1.82) is 0 Å². The Hall–Kier alpha value is -1.16. The van der Waals surface area contributed by atoms with Gasteiger partial charge < -0.3 is 0 Å². The van der Waals surface area contributed by atoms with Crippen molar-refractivity contribution in [3.8, 4) is 0 Å². The van der Waals surface area contributed by atoms with E-state index in [0.717, 1.165) is 37.1 Å². The third-order valence-electron chi connectivity index (χ3n) is 3.95. The van der Waals surface area contributed by atoms with E-state index in [2.05, 4.69) is 15.1 Å². The van der Waals surface area contributed by atoms with Gasteiger partial charge in [-0.05, 0) is 57.2 Å². The third kappa shape index (κ3) is 2.14. The van der Waals surface area contributed by atoms with Gasteiger partial charge in [-0.25, -0.2) is 5.10 Å². The zero-order chi connectivity index (χ0) is 11.7. The molecule has 1 aromatic heterocycles. The van der Waals surface area contributed by atoms with Gasteiger partial charge in [-0.1, -0.05) is 0 Å². The van der Waals surface area contributed by atoms with E-state index in [1.807, 2.05) is 0 Å². The topological polar surface area (TPSA) is 49.0 Å². The van der Waals surface area contributed by atoms with Crippen LogP contribution in [0.1, 0.15) is 42.5 Å². The summed E-state index contributed by atoms with van der Waals surface area (Å²) in [6.45, 7) is 3.27. The lowest BCUT2D eigenvalue weighted by Crippen LogP contribution is -2.27. The first-order valence-electron chi connectivity index (χ1n) is 6.66. The van der Waals surface area contributed by atoms with E-state index in [1.54, 1.807) is 0 Å². The highest BCUT2D eigenvalue weighted by Gasteiger charge is 2.20. The van der Waals surface area contributed by atoms with Crippen LogP contribution in [0.2, 0.25) is 0 Å². The van der Waals surface area contributed by atoms with Crippen LogP contribution in [0.5, 0.6) is 0 Å². The Kier molecular flexibility index (Phi) is 2.97. The standard InChI is InChI=1S/C13H19N3O/c17-13-11-6-2-1-5-10(11)12(14-15-13)9-16-7-3-4-8-16/h1-9H2,(H,15,17). The summed E-state index contributed by atoms with van der Waals surface area (Å²) in [5.74, 6) is 0. The molecule has 3 rings (SSSR count). The van der Waals surface area contributed by atoms with Gasteiger partial charge in [-0.2, -0.15) is 5.10 Å². The largest absolute Gasteiger partial charge is 0.297 e. The highest BCUT2D eigenvalue weighted by Crippen LogP contribution is 2.22. The molecule has 17 heavy (non-hydrogen) atoms. The molecule has 92 valence electrons. The molecule has 0 radical (unpaired) electrons. The molecule has 2 aliphatic rings. The van der Waals surface area contributed by atoms with Crippen molar-refractivity contribution in [1.82, 2.24) is 15.1 Å². The van der Waals surface area contributed by atoms with Crippen molar-refractivity contribution in [2.45, 2.75) is 45.1 Å². The van der Waals surface area contributed by atoms with Crippen molar-refractivity contribution in [3.63, 3.8) is 0 Å². The van der Waals surface area contributed by atoms with Gasteiger partial charge in [0, 0.05) is 12.1 Å². The summed E-state index contributed by atoms with van der Waals surface area (Å²) in [5.41, 5.74) is 3.39. The minimum Gasteiger partial charge on any atom is -0.297 e. The zero-order valence-corrected chi connectivity index (χ0v) is 10.2. The Labute approximate surface area is 101 Å². The first-order chi connectivity index (χ1) is 8.34. The fraction of sp³-hybridized carbons (Fsp3) is 0.692. The minimum absolute atomic E-state index is 0.0323. The predicted octanol–water partition coefficient (Wildman–Crippen LogP) is 1.24. The van der Waals surface area contributed by atoms with Crippen LogP contribution in [-0.2, 0) is 19.4 Å². The maximum Gasteiger partial charge on any atom is 0.267 e. The molecule has 0 unspecified atom stereocenters. The number of aromatic amines is 1. The molecule has 0 aromatic carbocycles. The van der Waals surface area contributed by atoms with Crippen LogP contribution in [0.15, 0.2) is 4.79 Å². The van der Waals surface area contributed by atoms with Crippen molar-refractivity contribution in [3.05, 3.63) is 27.2 Å². The first kappa shape index (κ1) is 11.0. The van der Waals surface area contributed by atoms with Crippen LogP contribution in [0.3, 0.4) is 0 Å². The lowest BCUT2D eigenvalue weighted by Gasteiger charge is -2.20. The maximum absolute atomic E-state index is 11.7. The minimum atomic E-state index is 0.0323. The number of hydrogen-bond donors (Lipinski definition) is 1. The van der Waals surface area contributed by atoms with E-state index >= 15 is 0 Å². The molecule has 0 saturated carbocycles. The second-order valence-electron chi connectivity index (χ2n) is 5.15. The fourth-order valence-corrected chi connectivity index (χ4v) is 3.01. The number of rotatable bonds is 2. The van der Waals surface area contributed by atoms with Crippen molar-refractivity contribution < 1.29 is 0 Å². The lowest BCUT2D eigenvalue weighted by molar-refractivity contribution is 0.323. The van der Waals surface area contributed by atoms with Crippen LogP contribution in [0.25, 0.3) is 0 Å². The van der Waals surface area contributed by atoms with Gasteiger partial charge in [-0.3, -0.25) is 9.69 Å². The highest BCUT2D eigenvalue weighted by atomic mass is 16.1. The van der Waals surface area contributed by atoms with Crippen LogP contribution in [-0.4, -0.2) is 28.2 Å². The molecule has 1 aliphatic carbocycles. The number of nitrogens with zero attached hydrogens (tertiary/aromatic N) is 2. The van der Waals surface area contributed by atoms with E-state index < -0.39 is 0 Å². The number of hydrogen-bond acceptors (Lipinski definition) is 3. The Morgan fingerprint density at radius 2 is 1.76 bits per heavy atom. The summed E-state index contributed by atoms with van der Waals surface area (Å²) in [5, 5.41) is 6.95. The van der Waals surface area contributed by atoms with Gasteiger partial charge >= 0.3 is 0 Å². The average Bonchev–Trinajstić information content (AvgIpc) is 2.86. The van der Waals surface area contributed by atoms with Gasteiger partial charge in [0.2, 0.25) is 0 Å². The normalized spacial score (nSPS) is 20.5. The van der Waals surface area contributed by atoms with Crippen LogP contribution < -0.4 is 5.56 Å². The summed E-state index contributed by atoms with van der Waals surface area (Å²) < 4.78 is 0. The highest BCUT2D eigenvalue weighted by molar-refractivity contribution is 5.30. The van der Waals surface area contributed by atoms with Crippen molar-refractivity contribution >= 4 is 0 Å². The smallest absolute Gasteiger partial charge is 0.267 e. The number of H-pyrrole nitrogens is 1. The molecular formula is C13H19N3O. The fourth-order valence-electron chi connectivity index (χ4n) is 3.01. The molecule has 0 amide bonds. The predicted molar refractivity (Wildman–Crippen MR) is 66.0 cm³/mol. The molecule has 4 nitrogen and oxygen atoms in total. The Bertz CT molecular complexity index is 460. The molecule has 4 heteroatoms. The van der Waals surface area contributed by atoms with E-state index in [1.165, 1.54) is 37.9 Å². The Morgan fingerprint density at radius 1 is 1.06 bits per heavy atom. The molecule has 1 fully saturated rings. The first-order valence-corrected chi connectivity index (χ1v) is 6.66. The molecule has 0 atom stereocenters. The Balaban J connectivity index is 1.90. The van der Waals surface area contributed by atoms with Crippen molar-refractivity contribution in [2.24, 2.45) is 0 Å². The van der Waals surface area contributed by atoms with Gasteiger partial charge in [0.25, 0.3) is 5.56 Å². The number of aromatic nitrogens is 2. The third-order valence-corrected chi connectivity index (χ3v) is 3.95. The van der Waals surface area contributed by atoms with Gasteiger partial charge in [-0.15, -0.1) is 0 Å². The van der Waals surface area contributed by atoms with E-state index in [-0.39, 0.29) is 5.56 Å². The zero-order valence-electron chi connectivity index (χ0n) is 10.2. The summed E-state index contributed by atoms with van der Waals surface area (Å²) >= 11 is 0. The van der Waals surface area contributed by atoms with E-state index in [0.29, 0.717) is 0 Å². The van der Waals surface area contributed by atoms with E-state index in [9.17, 15) is 4.79 Å². The molecule has 1 saturated heterocycles. The molecule has 1 aromatic rings. The molecule has 0 spiro atoms. The quantitative estimate of drug-likeness (QED) is 0.836. The van der Waals surface area contributed by atoms with Crippen LogP contribution in [0.4, 0.5) is 0 Å². The van der Waals surface area contributed by atoms with Crippen LogP contribution in [0, 0.1) is 0 Å². The molecule has 1 N–H and O–H groups in total. The summed E-state index contributed by atoms with van der Waals surface area (Å²) in [4.78, 5) is 14.2. The lowest BCUT2D eigenvalue weighted by atomic mass is 9.92. The van der Waals surface area contributed by atoms with Gasteiger partial charge in [0.1, 0.15) is 0 Å². The second kappa shape index (κ2) is 4.61. The number of nitrogens with one attached hydrogen (secondary N) is 1. The molecular weight excluding hydrogens is 214 g/mol. The number of likely N-dealkylation sites (tertiary alicyclic amines) is 1. The molecule has 2 heterocycles. The molecule has 1 aliphatic heterocycles. The van der Waals surface area contributed by atoms with Crippen LogP contribution >= 0.6 is 0 Å². The second-order valence-corrected chi connectivity index (χ2v) is 5.15. The Morgan fingerprint density at radius 3 is 2.53 bits per heavy atom. The SMILES string of the molecule is O=c1[nH]nc(CN2CCCC2)c2c1CCCC2. The average molecular weight is 233 g/mol. The summed E-state index contributed by atoms with van der Waals surface area (Å²) in [6.07, 6.45) is 6.90. The molecule has 0 bridgehead atoms.